The molecule has 1 atom stereocenters. The van der Waals surface area contributed by atoms with E-state index < -0.39 is 17.6 Å². The van der Waals surface area contributed by atoms with E-state index in [-0.39, 0.29) is 12.3 Å². The van der Waals surface area contributed by atoms with Gasteiger partial charge in [0.05, 0.1) is 38.0 Å². The summed E-state index contributed by atoms with van der Waals surface area (Å²) >= 11 is 1.45. The summed E-state index contributed by atoms with van der Waals surface area (Å²) in [4.78, 5) is 37.8. The van der Waals surface area contributed by atoms with Crippen LogP contribution in [0.2, 0.25) is 0 Å². The van der Waals surface area contributed by atoms with Gasteiger partial charge in [-0.1, -0.05) is 23.9 Å². The van der Waals surface area contributed by atoms with Crippen molar-refractivity contribution in [2.24, 2.45) is 4.99 Å². The smallest absolute Gasteiger partial charge is 0.338 e. The number of hydrogen-bond donors (Lipinski definition) is 0. The highest BCUT2D eigenvalue weighted by molar-refractivity contribution is 8.16. The molecule has 0 radical (unpaired) electrons. The number of hydrogen-bond acceptors (Lipinski definition) is 9. The monoisotopic (exact) mass is 528 g/mol. The lowest BCUT2D eigenvalue weighted by Gasteiger charge is -2.38. The maximum absolute atomic E-state index is 13.6. The number of thioether (sulfide) groups is 1. The van der Waals surface area contributed by atoms with E-state index in [1.165, 1.54) is 11.8 Å². The van der Waals surface area contributed by atoms with Crippen LogP contribution in [0, 0.1) is 0 Å². The highest BCUT2D eigenvalue weighted by atomic mass is 32.2. The van der Waals surface area contributed by atoms with Crippen molar-refractivity contribution >= 4 is 28.8 Å². The third-order valence-electron chi connectivity index (χ3n) is 6.54. The first-order chi connectivity index (χ1) is 17.5. The predicted octanol–water partition coefficient (Wildman–Crippen LogP) is 3.78. The molecule has 0 aliphatic carbocycles. The van der Waals surface area contributed by atoms with E-state index >= 15 is 0 Å². The third kappa shape index (κ3) is 5.65. The molecule has 37 heavy (non-hydrogen) atoms. The van der Waals surface area contributed by atoms with Gasteiger partial charge in [0.2, 0.25) is 5.91 Å². The molecule has 3 heterocycles. The number of amides is 1. The summed E-state index contributed by atoms with van der Waals surface area (Å²) < 4.78 is 17.2. The van der Waals surface area contributed by atoms with Crippen LogP contribution in [0.3, 0.4) is 0 Å². The fraction of sp³-hybridized carbons (Fsp3) is 0.519. The van der Waals surface area contributed by atoms with Gasteiger partial charge in [0.1, 0.15) is 5.60 Å². The molecule has 1 aromatic rings. The summed E-state index contributed by atoms with van der Waals surface area (Å²) in [6, 6.07) is 4.99. The van der Waals surface area contributed by atoms with Crippen LogP contribution in [-0.4, -0.2) is 84.8 Å². The summed E-state index contributed by atoms with van der Waals surface area (Å²) in [6.45, 7) is 10.4. The quantitative estimate of drug-likeness (QED) is 0.516. The first-order valence-electron chi connectivity index (χ1n) is 12.4. The van der Waals surface area contributed by atoms with Gasteiger partial charge in [0, 0.05) is 37.4 Å². The number of benzene rings is 1. The number of likely N-dealkylation sites (N-methyl/N-ethyl adjacent to an activating group) is 1. The Hall–Kier alpha value is -2.98. The number of carbonyl (C=O) groups is 2. The number of piperazine rings is 1. The number of allylic oxidation sites excluding steroid dienone is 1. The molecular formula is C27H36N4O5S. The van der Waals surface area contributed by atoms with E-state index in [4.69, 9.17) is 19.2 Å². The summed E-state index contributed by atoms with van der Waals surface area (Å²) in [6.07, 6.45) is 0.208. The normalized spacial score (nSPS) is 20.4. The summed E-state index contributed by atoms with van der Waals surface area (Å²) in [5.41, 5.74) is 1.81. The van der Waals surface area contributed by atoms with Gasteiger partial charge < -0.3 is 28.9 Å². The number of esters is 1. The molecule has 0 saturated carbocycles. The molecule has 1 amide bonds. The number of rotatable bonds is 6. The maximum atomic E-state index is 13.6. The van der Waals surface area contributed by atoms with Crippen LogP contribution in [0.1, 0.15) is 45.7 Å². The number of nitrogens with zero attached hydrogens (tertiary/aromatic N) is 4. The molecule has 1 aromatic carbocycles. The van der Waals surface area contributed by atoms with E-state index in [1.807, 2.05) is 61.1 Å². The average Bonchev–Trinajstić information content (AvgIpc) is 3.23. The first kappa shape index (κ1) is 27.1. The Morgan fingerprint density at radius 1 is 1.11 bits per heavy atom. The number of para-hydroxylation sites is 1. The first-order valence-corrected chi connectivity index (χ1v) is 13.3. The number of ether oxygens (including phenoxy) is 3. The molecule has 10 heteroatoms. The van der Waals surface area contributed by atoms with Crippen molar-refractivity contribution in [3.8, 4) is 11.5 Å². The molecule has 3 aliphatic rings. The zero-order valence-corrected chi connectivity index (χ0v) is 23.5. The molecule has 3 aliphatic heterocycles. The largest absolute Gasteiger partial charge is 0.493 e. The van der Waals surface area contributed by atoms with Gasteiger partial charge in [-0.25, -0.2) is 9.79 Å². The molecule has 0 spiro atoms. The van der Waals surface area contributed by atoms with Crippen LogP contribution >= 0.6 is 11.8 Å². The Labute approximate surface area is 223 Å². The highest BCUT2D eigenvalue weighted by Crippen LogP contribution is 2.49. The standard InChI is InChI=1S/C27H36N4O5S/c1-17-22(25(33)36-27(2,3)4)23(19-9-8-10-20(34-6)24(19)35-7)31-18(16-37-26(31)28-17)15-21(32)30-13-11-29(5)12-14-30/h8-10,16,23H,11-15H2,1-7H3/t23-/m0/s1. The second-order valence-corrected chi connectivity index (χ2v) is 11.2. The minimum absolute atomic E-state index is 0.0580. The maximum Gasteiger partial charge on any atom is 0.338 e. The van der Waals surface area contributed by atoms with Crippen molar-refractivity contribution in [2.75, 3.05) is 47.4 Å². The average molecular weight is 529 g/mol. The zero-order valence-electron chi connectivity index (χ0n) is 22.7. The molecule has 0 aromatic heterocycles. The van der Waals surface area contributed by atoms with Gasteiger partial charge >= 0.3 is 5.97 Å². The Morgan fingerprint density at radius 3 is 2.43 bits per heavy atom. The highest BCUT2D eigenvalue weighted by Gasteiger charge is 2.43. The van der Waals surface area contributed by atoms with E-state index in [1.54, 1.807) is 14.2 Å². The van der Waals surface area contributed by atoms with Gasteiger partial charge in [-0.15, -0.1) is 0 Å². The molecule has 0 bridgehead atoms. The van der Waals surface area contributed by atoms with Gasteiger partial charge in [-0.3, -0.25) is 4.79 Å². The number of fused-ring (bicyclic) bond motifs is 1. The van der Waals surface area contributed by atoms with Gasteiger partial charge in [-0.05, 0) is 46.2 Å². The van der Waals surface area contributed by atoms with Crippen molar-refractivity contribution in [1.29, 1.82) is 0 Å². The van der Waals surface area contributed by atoms with Crippen LogP contribution in [-0.2, 0) is 14.3 Å². The summed E-state index contributed by atoms with van der Waals surface area (Å²) in [5, 5.41) is 2.67. The van der Waals surface area contributed by atoms with Crippen LogP contribution in [0.5, 0.6) is 11.5 Å². The van der Waals surface area contributed by atoms with Gasteiger partial charge in [0.15, 0.2) is 16.7 Å². The second-order valence-electron chi connectivity index (χ2n) is 10.3. The molecule has 200 valence electrons. The molecule has 0 unspecified atom stereocenters. The van der Waals surface area contributed by atoms with E-state index in [0.29, 0.717) is 41.0 Å². The minimum atomic E-state index is -0.687. The van der Waals surface area contributed by atoms with Crippen molar-refractivity contribution < 1.29 is 23.8 Å². The van der Waals surface area contributed by atoms with Crippen LogP contribution < -0.4 is 9.47 Å². The molecule has 9 nitrogen and oxygen atoms in total. The number of amidine groups is 1. The lowest BCUT2D eigenvalue weighted by Crippen LogP contribution is -2.47. The number of methoxy groups -OCH3 is 2. The summed E-state index contributed by atoms with van der Waals surface area (Å²) in [5.74, 6) is 0.676. The Morgan fingerprint density at radius 2 is 1.81 bits per heavy atom. The Kier molecular flexibility index (Phi) is 7.89. The molecule has 1 fully saturated rings. The minimum Gasteiger partial charge on any atom is -0.493 e. The lowest BCUT2D eigenvalue weighted by atomic mass is 9.92. The third-order valence-corrected chi connectivity index (χ3v) is 7.42. The van der Waals surface area contributed by atoms with Crippen molar-refractivity contribution in [3.63, 3.8) is 0 Å². The van der Waals surface area contributed by atoms with Crippen LogP contribution in [0.4, 0.5) is 0 Å². The van der Waals surface area contributed by atoms with Gasteiger partial charge in [-0.2, -0.15) is 0 Å². The lowest BCUT2D eigenvalue weighted by molar-refractivity contribution is -0.150. The summed E-state index contributed by atoms with van der Waals surface area (Å²) in [7, 11) is 5.22. The molecule has 0 N–H and O–H groups in total. The molecule has 4 rings (SSSR count). The Balaban J connectivity index is 1.76. The van der Waals surface area contributed by atoms with E-state index in [0.717, 1.165) is 24.4 Å². The number of aliphatic imine (C=N–C) groups is 1. The SMILES string of the molecule is COc1cccc([C@H]2C(C(=O)OC(C)(C)C)=C(C)N=C3SC=C(CC(=O)N4CCN(C)CC4)N32)c1OC. The second kappa shape index (κ2) is 10.8. The molecule has 1 saturated heterocycles. The fourth-order valence-corrected chi connectivity index (χ4v) is 5.67. The van der Waals surface area contributed by atoms with Crippen molar-refractivity contribution in [2.45, 2.75) is 45.8 Å². The van der Waals surface area contributed by atoms with Crippen LogP contribution in [0.15, 0.2) is 45.6 Å². The number of carbonyl (C=O) groups excluding carboxylic acids is 2. The van der Waals surface area contributed by atoms with Gasteiger partial charge in [0.25, 0.3) is 0 Å². The topological polar surface area (TPSA) is 83.9 Å². The molecular weight excluding hydrogens is 492 g/mol. The van der Waals surface area contributed by atoms with E-state index in [9.17, 15) is 9.59 Å². The van der Waals surface area contributed by atoms with Crippen molar-refractivity contribution in [1.82, 2.24) is 14.7 Å². The zero-order chi connectivity index (χ0) is 26.9. The Bertz CT molecular complexity index is 1160. The van der Waals surface area contributed by atoms with Crippen LogP contribution in [0.25, 0.3) is 0 Å². The van der Waals surface area contributed by atoms with Crippen molar-refractivity contribution in [3.05, 3.63) is 46.1 Å². The predicted molar refractivity (Wildman–Crippen MR) is 144 cm³/mol. The fourth-order valence-electron chi connectivity index (χ4n) is 4.71. The van der Waals surface area contributed by atoms with E-state index in [2.05, 4.69) is 11.9 Å².